The van der Waals surface area contributed by atoms with Gasteiger partial charge in [0.1, 0.15) is 5.75 Å². The van der Waals surface area contributed by atoms with Gasteiger partial charge in [-0.3, -0.25) is 14.9 Å². The Balaban J connectivity index is 1.76. The number of para-hydroxylation sites is 2. The van der Waals surface area contributed by atoms with E-state index in [1.165, 1.54) is 24.3 Å². The van der Waals surface area contributed by atoms with Gasteiger partial charge >= 0.3 is 5.69 Å². The molecule has 0 radical (unpaired) electrons. The highest BCUT2D eigenvalue weighted by atomic mass is 16.6. The third kappa shape index (κ3) is 4.99. The van der Waals surface area contributed by atoms with Crippen molar-refractivity contribution in [1.82, 2.24) is 0 Å². The Kier molecular flexibility index (Phi) is 5.51. The smallest absolute Gasteiger partial charge is 0.310 e. The summed E-state index contributed by atoms with van der Waals surface area (Å²) < 4.78 is 5.36. The van der Waals surface area contributed by atoms with Gasteiger partial charge in [-0.1, -0.05) is 12.1 Å². The second-order valence-corrected chi connectivity index (χ2v) is 4.77. The van der Waals surface area contributed by atoms with Gasteiger partial charge in [0.15, 0.2) is 5.75 Å². The summed E-state index contributed by atoms with van der Waals surface area (Å²) in [6.07, 6.45) is 0.650. The molecule has 2 aromatic rings. The highest BCUT2D eigenvalue weighted by Crippen LogP contribution is 2.25. The maximum Gasteiger partial charge on any atom is 0.310 e. The fraction of sp³-hybridized carbons (Fsp3) is 0.188. The van der Waals surface area contributed by atoms with E-state index in [1.54, 1.807) is 24.3 Å². The van der Waals surface area contributed by atoms with Crippen LogP contribution in [0.15, 0.2) is 48.5 Å². The van der Waals surface area contributed by atoms with E-state index < -0.39 is 4.92 Å². The predicted molar refractivity (Wildman–Crippen MR) is 84.6 cm³/mol. The summed E-state index contributed by atoms with van der Waals surface area (Å²) in [5.74, 6) is 0.124. The van der Waals surface area contributed by atoms with Gasteiger partial charge in [-0.05, 0) is 36.8 Å². The average molecular weight is 316 g/mol. The number of nitrogens with one attached hydrogen (secondary N) is 1. The molecule has 0 bridgehead atoms. The van der Waals surface area contributed by atoms with E-state index in [2.05, 4.69) is 5.32 Å². The van der Waals surface area contributed by atoms with Gasteiger partial charge in [-0.15, -0.1) is 0 Å². The number of carbonyl (C=O) groups is 1. The summed E-state index contributed by atoms with van der Waals surface area (Å²) in [7, 11) is 0. The number of aromatic hydroxyl groups is 1. The van der Waals surface area contributed by atoms with Crippen molar-refractivity contribution in [2.24, 2.45) is 0 Å². The van der Waals surface area contributed by atoms with Crippen LogP contribution in [0.3, 0.4) is 0 Å². The van der Waals surface area contributed by atoms with Gasteiger partial charge < -0.3 is 15.2 Å². The Hall–Kier alpha value is -3.09. The number of hydrogen-bond donors (Lipinski definition) is 2. The van der Waals surface area contributed by atoms with Crippen molar-refractivity contribution in [3.63, 3.8) is 0 Å². The first-order chi connectivity index (χ1) is 11.1. The first-order valence-corrected chi connectivity index (χ1v) is 7.01. The van der Waals surface area contributed by atoms with Crippen molar-refractivity contribution >= 4 is 17.3 Å². The van der Waals surface area contributed by atoms with E-state index in [0.717, 1.165) is 0 Å². The van der Waals surface area contributed by atoms with Crippen molar-refractivity contribution in [2.75, 3.05) is 11.9 Å². The van der Waals surface area contributed by atoms with E-state index >= 15 is 0 Å². The van der Waals surface area contributed by atoms with Crippen LogP contribution in [0.4, 0.5) is 11.4 Å². The zero-order valence-corrected chi connectivity index (χ0v) is 12.3. The molecule has 0 aliphatic rings. The Bertz CT molecular complexity index is 685. The largest absolute Gasteiger partial charge is 0.508 e. The highest BCUT2D eigenvalue weighted by Gasteiger charge is 2.13. The number of anilines is 1. The van der Waals surface area contributed by atoms with Crippen LogP contribution in [-0.4, -0.2) is 22.5 Å². The molecular weight excluding hydrogens is 300 g/mol. The number of benzene rings is 2. The van der Waals surface area contributed by atoms with Crippen LogP contribution < -0.4 is 10.1 Å². The average Bonchev–Trinajstić information content (AvgIpc) is 2.54. The van der Waals surface area contributed by atoms with Crippen LogP contribution in [0.5, 0.6) is 11.5 Å². The van der Waals surface area contributed by atoms with Gasteiger partial charge in [-0.2, -0.15) is 0 Å². The molecule has 0 spiro atoms. The molecule has 0 aromatic heterocycles. The van der Waals surface area contributed by atoms with Gasteiger partial charge in [0.05, 0.1) is 11.5 Å². The van der Waals surface area contributed by atoms with E-state index in [4.69, 9.17) is 9.84 Å². The van der Waals surface area contributed by atoms with Crippen LogP contribution in [0, 0.1) is 10.1 Å². The van der Waals surface area contributed by atoms with E-state index in [0.29, 0.717) is 12.1 Å². The second kappa shape index (κ2) is 7.79. The van der Waals surface area contributed by atoms with E-state index in [-0.39, 0.29) is 36.1 Å². The molecule has 0 atom stereocenters. The lowest BCUT2D eigenvalue weighted by atomic mass is 10.2. The van der Waals surface area contributed by atoms with Gasteiger partial charge in [-0.25, -0.2) is 0 Å². The van der Waals surface area contributed by atoms with Crippen LogP contribution in [0.25, 0.3) is 0 Å². The number of carbonyl (C=O) groups excluding carboxylic acids is 1. The number of phenols is 1. The minimum absolute atomic E-state index is 0.0963. The number of hydrogen-bond acceptors (Lipinski definition) is 5. The zero-order chi connectivity index (χ0) is 16.7. The molecule has 23 heavy (non-hydrogen) atoms. The van der Waals surface area contributed by atoms with Gasteiger partial charge in [0.25, 0.3) is 0 Å². The minimum atomic E-state index is -0.507. The third-order valence-electron chi connectivity index (χ3n) is 3.02. The molecule has 7 heteroatoms. The van der Waals surface area contributed by atoms with Crippen LogP contribution in [-0.2, 0) is 4.79 Å². The number of ether oxygens (including phenoxy) is 1. The minimum Gasteiger partial charge on any atom is -0.508 e. The molecular formula is C16H16N2O5. The van der Waals surface area contributed by atoms with Crippen LogP contribution in [0.1, 0.15) is 12.8 Å². The fourth-order valence-corrected chi connectivity index (χ4v) is 1.91. The SMILES string of the molecule is O=C(CCCOc1ccccc1[N+](=O)[O-])Nc1ccc(O)cc1. The molecule has 0 unspecified atom stereocenters. The zero-order valence-electron chi connectivity index (χ0n) is 12.3. The number of rotatable bonds is 7. The molecule has 0 saturated heterocycles. The summed E-state index contributed by atoms with van der Waals surface area (Å²) in [6, 6.07) is 12.3. The van der Waals surface area contributed by atoms with Crippen molar-refractivity contribution < 1.29 is 19.6 Å². The molecule has 0 aliphatic heterocycles. The van der Waals surface area contributed by atoms with E-state index in [9.17, 15) is 14.9 Å². The van der Waals surface area contributed by atoms with Crippen LogP contribution >= 0.6 is 0 Å². The molecule has 2 rings (SSSR count). The summed E-state index contributed by atoms with van der Waals surface area (Å²) in [5.41, 5.74) is 0.494. The maximum absolute atomic E-state index is 11.7. The second-order valence-electron chi connectivity index (χ2n) is 4.77. The predicted octanol–water partition coefficient (Wildman–Crippen LogP) is 3.10. The molecule has 0 heterocycles. The molecule has 0 fully saturated rings. The lowest BCUT2D eigenvalue weighted by Crippen LogP contribution is -2.12. The normalized spacial score (nSPS) is 10.1. The Morgan fingerprint density at radius 3 is 2.57 bits per heavy atom. The number of phenolic OH excluding ortho intramolecular Hbond substituents is 1. The van der Waals surface area contributed by atoms with Gasteiger partial charge in [0, 0.05) is 18.2 Å². The lowest BCUT2D eigenvalue weighted by molar-refractivity contribution is -0.385. The summed E-state index contributed by atoms with van der Waals surface area (Å²) >= 11 is 0. The Morgan fingerprint density at radius 2 is 1.87 bits per heavy atom. The molecule has 120 valence electrons. The molecule has 1 amide bonds. The lowest BCUT2D eigenvalue weighted by Gasteiger charge is -2.07. The molecule has 7 nitrogen and oxygen atoms in total. The summed E-state index contributed by atoms with van der Waals surface area (Å²) in [5, 5.41) is 22.7. The maximum atomic E-state index is 11.7. The molecule has 2 N–H and O–H groups in total. The number of amides is 1. The Morgan fingerprint density at radius 1 is 1.17 bits per heavy atom. The molecule has 0 aliphatic carbocycles. The number of nitrogens with zero attached hydrogens (tertiary/aromatic N) is 1. The third-order valence-corrected chi connectivity index (χ3v) is 3.02. The van der Waals surface area contributed by atoms with Crippen LogP contribution in [0.2, 0.25) is 0 Å². The fourth-order valence-electron chi connectivity index (χ4n) is 1.91. The van der Waals surface area contributed by atoms with Crippen molar-refractivity contribution in [2.45, 2.75) is 12.8 Å². The standard InChI is InChI=1S/C16H16N2O5/c19-13-9-7-12(8-10-13)17-16(20)6-3-11-23-15-5-2-1-4-14(15)18(21)22/h1-2,4-5,7-10,19H,3,6,11H2,(H,17,20). The molecule has 2 aromatic carbocycles. The monoisotopic (exact) mass is 316 g/mol. The molecule has 0 saturated carbocycles. The van der Waals surface area contributed by atoms with Crippen molar-refractivity contribution in [1.29, 1.82) is 0 Å². The van der Waals surface area contributed by atoms with Crippen molar-refractivity contribution in [3.05, 3.63) is 58.6 Å². The van der Waals surface area contributed by atoms with Gasteiger partial charge in [0.2, 0.25) is 5.91 Å². The summed E-state index contributed by atoms with van der Waals surface area (Å²) in [4.78, 5) is 22.1. The summed E-state index contributed by atoms with van der Waals surface area (Å²) in [6.45, 7) is 0.202. The quantitative estimate of drug-likeness (QED) is 0.354. The first kappa shape index (κ1) is 16.3. The van der Waals surface area contributed by atoms with E-state index in [1.807, 2.05) is 0 Å². The van der Waals surface area contributed by atoms with Crippen molar-refractivity contribution in [3.8, 4) is 11.5 Å². The topological polar surface area (TPSA) is 102 Å². The number of nitro groups is 1. The first-order valence-electron chi connectivity index (χ1n) is 7.01. The number of nitro benzene ring substituents is 1. The highest BCUT2D eigenvalue weighted by molar-refractivity contribution is 5.90. The Labute approximate surface area is 132 Å².